The van der Waals surface area contributed by atoms with Crippen molar-refractivity contribution in [3.63, 3.8) is 0 Å². The predicted octanol–water partition coefficient (Wildman–Crippen LogP) is 6.09. The Kier molecular flexibility index (Phi) is 15.9. The summed E-state index contributed by atoms with van der Waals surface area (Å²) >= 11 is 0. The van der Waals surface area contributed by atoms with E-state index in [9.17, 15) is 0 Å². The van der Waals surface area contributed by atoms with Gasteiger partial charge < -0.3 is 5.73 Å². The van der Waals surface area contributed by atoms with Gasteiger partial charge in [-0.3, -0.25) is 9.89 Å². The van der Waals surface area contributed by atoms with E-state index >= 15 is 0 Å². The first kappa shape index (κ1) is 23.4. The normalized spacial score (nSPS) is 17.7. The van der Waals surface area contributed by atoms with Gasteiger partial charge in [-0.25, -0.2) is 0 Å². The van der Waals surface area contributed by atoms with Gasteiger partial charge >= 0.3 is 0 Å². The maximum Gasteiger partial charge on any atom is 0.102 e. The number of rotatable bonds is 18. The third kappa shape index (κ3) is 12.6. The van der Waals surface area contributed by atoms with E-state index in [2.05, 4.69) is 35.2 Å². The van der Waals surface area contributed by atoms with E-state index in [0.29, 0.717) is 6.17 Å². The molecule has 0 aromatic carbocycles. The van der Waals surface area contributed by atoms with E-state index in [4.69, 9.17) is 5.73 Å². The molecule has 152 valence electrons. The molecule has 1 heterocycles. The molecule has 1 aliphatic rings. The van der Waals surface area contributed by atoms with Crippen molar-refractivity contribution in [3.05, 3.63) is 12.2 Å². The van der Waals surface area contributed by atoms with Gasteiger partial charge in [0, 0.05) is 25.8 Å². The number of nitrogens with zero attached hydrogens (tertiary/aromatic N) is 2. The molecule has 0 saturated heterocycles. The molecule has 1 rings (SSSR count). The van der Waals surface area contributed by atoms with Gasteiger partial charge in [0.05, 0.1) is 0 Å². The van der Waals surface area contributed by atoms with Crippen LogP contribution in [0.3, 0.4) is 0 Å². The highest BCUT2D eigenvalue weighted by Crippen LogP contribution is 2.15. The van der Waals surface area contributed by atoms with Gasteiger partial charge in [-0.1, -0.05) is 76.9 Å². The van der Waals surface area contributed by atoms with Crippen LogP contribution in [-0.2, 0) is 0 Å². The van der Waals surface area contributed by atoms with Gasteiger partial charge in [0.25, 0.3) is 0 Å². The van der Waals surface area contributed by atoms with E-state index in [1.165, 1.54) is 96.3 Å². The van der Waals surface area contributed by atoms with Gasteiger partial charge in [0.2, 0.25) is 0 Å². The summed E-state index contributed by atoms with van der Waals surface area (Å²) in [6, 6.07) is 0. The average molecular weight is 364 g/mol. The third-order valence-corrected chi connectivity index (χ3v) is 5.41. The standard InChI is InChI=1S/C23H45N3/c1-2-3-4-5-6-7-8-9-10-11-12-13-14-15-16-17-18-23-25-20-22-26(23)21-19-24/h11-12,20,23H,2-10,13-19,21-22,24H2,1H3/b12-11+. The van der Waals surface area contributed by atoms with Crippen molar-refractivity contribution < 1.29 is 0 Å². The van der Waals surface area contributed by atoms with Gasteiger partial charge in [-0.05, 0) is 38.5 Å². The molecule has 2 N–H and O–H groups in total. The second kappa shape index (κ2) is 17.7. The Morgan fingerprint density at radius 3 is 2.08 bits per heavy atom. The smallest absolute Gasteiger partial charge is 0.102 e. The molecular weight excluding hydrogens is 318 g/mol. The Morgan fingerprint density at radius 2 is 1.46 bits per heavy atom. The Labute approximate surface area is 163 Å². The lowest BCUT2D eigenvalue weighted by Crippen LogP contribution is -2.34. The molecular formula is C23H45N3. The number of hydrogen-bond acceptors (Lipinski definition) is 3. The van der Waals surface area contributed by atoms with Gasteiger partial charge in [-0.2, -0.15) is 0 Å². The maximum absolute atomic E-state index is 5.66. The molecule has 3 nitrogen and oxygen atoms in total. The lowest BCUT2D eigenvalue weighted by Gasteiger charge is -2.21. The maximum atomic E-state index is 5.66. The van der Waals surface area contributed by atoms with Crippen LogP contribution in [0.2, 0.25) is 0 Å². The van der Waals surface area contributed by atoms with Crippen LogP contribution in [0, 0.1) is 0 Å². The summed E-state index contributed by atoms with van der Waals surface area (Å²) < 4.78 is 0. The van der Waals surface area contributed by atoms with Crippen molar-refractivity contribution in [1.82, 2.24) is 4.90 Å². The Bertz CT molecular complexity index is 351. The molecule has 0 spiro atoms. The van der Waals surface area contributed by atoms with Crippen LogP contribution < -0.4 is 5.73 Å². The Hall–Kier alpha value is -0.670. The monoisotopic (exact) mass is 363 g/mol. The van der Waals surface area contributed by atoms with Gasteiger partial charge in [-0.15, -0.1) is 0 Å². The van der Waals surface area contributed by atoms with E-state index in [1.54, 1.807) is 0 Å². The largest absolute Gasteiger partial charge is 0.329 e. The Balaban J connectivity index is 1.80. The molecule has 0 fully saturated rings. The molecule has 0 amide bonds. The molecule has 0 aromatic rings. The second-order valence-electron chi connectivity index (χ2n) is 7.82. The summed E-state index contributed by atoms with van der Waals surface area (Å²) in [6.45, 7) is 5.00. The van der Waals surface area contributed by atoms with Crippen molar-refractivity contribution in [3.8, 4) is 0 Å². The number of hydrogen-bond donors (Lipinski definition) is 1. The lowest BCUT2D eigenvalue weighted by molar-refractivity contribution is 0.241. The number of allylic oxidation sites excluding steroid dienone is 2. The third-order valence-electron chi connectivity index (χ3n) is 5.41. The van der Waals surface area contributed by atoms with Crippen LogP contribution in [0.25, 0.3) is 0 Å². The molecule has 3 heteroatoms. The minimum Gasteiger partial charge on any atom is -0.329 e. The highest BCUT2D eigenvalue weighted by atomic mass is 15.3. The van der Waals surface area contributed by atoms with E-state index in [-0.39, 0.29) is 0 Å². The molecule has 0 radical (unpaired) electrons. The summed E-state index contributed by atoms with van der Waals surface area (Å²) in [5.74, 6) is 0. The molecule has 0 saturated carbocycles. The Morgan fingerprint density at radius 1 is 0.885 bits per heavy atom. The summed E-state index contributed by atoms with van der Waals surface area (Å²) in [5.41, 5.74) is 5.66. The predicted molar refractivity (Wildman–Crippen MR) is 117 cm³/mol. The first-order chi connectivity index (χ1) is 12.9. The molecule has 0 aromatic heterocycles. The van der Waals surface area contributed by atoms with Gasteiger partial charge in [0.15, 0.2) is 0 Å². The minimum absolute atomic E-state index is 0.407. The molecule has 1 aliphatic heterocycles. The van der Waals surface area contributed by atoms with Crippen molar-refractivity contribution in [2.45, 2.75) is 109 Å². The average Bonchev–Trinajstić information content (AvgIpc) is 3.09. The summed E-state index contributed by atoms with van der Waals surface area (Å²) in [4.78, 5) is 6.97. The molecule has 0 bridgehead atoms. The van der Waals surface area contributed by atoms with Crippen LogP contribution in [0.1, 0.15) is 103 Å². The topological polar surface area (TPSA) is 41.6 Å². The zero-order valence-electron chi connectivity index (χ0n) is 17.5. The second-order valence-corrected chi connectivity index (χ2v) is 7.82. The van der Waals surface area contributed by atoms with Crippen molar-refractivity contribution in [1.29, 1.82) is 0 Å². The molecule has 1 unspecified atom stereocenters. The van der Waals surface area contributed by atoms with Crippen LogP contribution in [0.15, 0.2) is 17.1 Å². The summed E-state index contributed by atoms with van der Waals surface area (Å²) in [5, 5.41) is 0. The minimum atomic E-state index is 0.407. The summed E-state index contributed by atoms with van der Waals surface area (Å²) in [7, 11) is 0. The van der Waals surface area contributed by atoms with E-state index < -0.39 is 0 Å². The zero-order chi connectivity index (χ0) is 18.7. The van der Waals surface area contributed by atoms with Crippen LogP contribution in [0.4, 0.5) is 0 Å². The number of unbranched alkanes of at least 4 members (excludes halogenated alkanes) is 12. The fraction of sp³-hybridized carbons (Fsp3) is 0.870. The highest BCUT2D eigenvalue weighted by molar-refractivity contribution is 5.62. The SMILES string of the molecule is CCCCCCCCCC/C=C/CCCCCCC1N=CCN1CCN. The van der Waals surface area contributed by atoms with E-state index in [0.717, 1.165) is 19.6 Å². The quantitative estimate of drug-likeness (QED) is 0.237. The number of nitrogens with two attached hydrogens (primary N) is 1. The molecule has 26 heavy (non-hydrogen) atoms. The number of aliphatic imine (C=N–C) groups is 1. The van der Waals surface area contributed by atoms with E-state index in [1.807, 2.05) is 0 Å². The first-order valence-corrected chi connectivity index (χ1v) is 11.5. The van der Waals surface area contributed by atoms with Crippen LogP contribution in [0.5, 0.6) is 0 Å². The van der Waals surface area contributed by atoms with Gasteiger partial charge in [0.1, 0.15) is 6.17 Å². The van der Waals surface area contributed by atoms with Crippen molar-refractivity contribution in [2.75, 3.05) is 19.6 Å². The highest BCUT2D eigenvalue weighted by Gasteiger charge is 2.19. The van der Waals surface area contributed by atoms with Crippen molar-refractivity contribution in [2.24, 2.45) is 10.7 Å². The zero-order valence-corrected chi connectivity index (χ0v) is 17.5. The summed E-state index contributed by atoms with van der Waals surface area (Å²) in [6.07, 6.45) is 27.7. The fourth-order valence-corrected chi connectivity index (χ4v) is 3.73. The first-order valence-electron chi connectivity index (χ1n) is 11.5. The molecule has 0 aliphatic carbocycles. The van der Waals surface area contributed by atoms with Crippen LogP contribution >= 0.6 is 0 Å². The van der Waals surface area contributed by atoms with Crippen molar-refractivity contribution >= 4 is 6.21 Å². The lowest BCUT2D eigenvalue weighted by atomic mass is 10.1. The van der Waals surface area contributed by atoms with Crippen LogP contribution in [-0.4, -0.2) is 36.9 Å². The fourth-order valence-electron chi connectivity index (χ4n) is 3.73. The molecule has 1 atom stereocenters.